The third-order valence-corrected chi connectivity index (χ3v) is 7.64. The highest BCUT2D eigenvalue weighted by Gasteiger charge is 2.32. The van der Waals surface area contributed by atoms with Gasteiger partial charge in [0.2, 0.25) is 10.0 Å². The molecule has 2 aromatic heterocycles. The average molecular weight is 439 g/mol. The van der Waals surface area contributed by atoms with Crippen LogP contribution in [0.5, 0.6) is 0 Å². The predicted molar refractivity (Wildman–Crippen MR) is 120 cm³/mol. The second-order valence-electron chi connectivity index (χ2n) is 8.08. The maximum absolute atomic E-state index is 12.8. The van der Waals surface area contributed by atoms with Crippen LogP contribution < -0.4 is 0 Å². The number of sulfonamides is 1. The van der Waals surface area contributed by atoms with Crippen molar-refractivity contribution in [2.45, 2.75) is 37.8 Å². The number of imidazole rings is 1. The predicted octanol–water partition coefficient (Wildman–Crippen LogP) is 3.92. The first-order chi connectivity index (χ1) is 15.1. The summed E-state index contributed by atoms with van der Waals surface area (Å²) in [6.07, 6.45) is 6.87. The molecule has 7 nitrogen and oxygen atoms in total. The van der Waals surface area contributed by atoms with Gasteiger partial charge in [-0.15, -0.1) is 0 Å². The zero-order valence-electron chi connectivity index (χ0n) is 17.3. The maximum Gasteiger partial charge on any atom is 0.236 e. The number of ether oxygens (including phenoxy) is 1. The van der Waals surface area contributed by atoms with Gasteiger partial charge < -0.3 is 9.30 Å². The standard InChI is InChI=1S/C23H26N4O3S/c28-31(29,17-12-18-6-2-1-3-7-18)26-14-10-19(11-15-26)27-22-20(8-4-13-24-22)25-23(27)21-9-5-16-30-21/h1-4,6-8,12-13,17,19,21H,5,9-11,14-16H2/b17-12+. The van der Waals surface area contributed by atoms with Crippen molar-refractivity contribution in [3.8, 4) is 0 Å². The van der Waals surface area contributed by atoms with Crippen LogP contribution in [0, 0.1) is 0 Å². The highest BCUT2D eigenvalue weighted by atomic mass is 32.2. The molecule has 0 amide bonds. The molecular formula is C23H26N4O3S. The molecule has 162 valence electrons. The van der Waals surface area contributed by atoms with Gasteiger partial charge in [-0.05, 0) is 49.5 Å². The fraction of sp³-hybridized carbons (Fsp3) is 0.391. The van der Waals surface area contributed by atoms with Gasteiger partial charge in [-0.2, -0.15) is 4.31 Å². The Balaban J connectivity index is 1.35. The van der Waals surface area contributed by atoms with Gasteiger partial charge >= 0.3 is 0 Å². The van der Waals surface area contributed by atoms with Crippen LogP contribution >= 0.6 is 0 Å². The summed E-state index contributed by atoms with van der Waals surface area (Å²) in [7, 11) is -3.45. The number of aromatic nitrogens is 3. The van der Waals surface area contributed by atoms with Crippen LogP contribution in [-0.4, -0.2) is 47.0 Å². The molecule has 0 spiro atoms. The Bertz CT molecular complexity index is 1180. The van der Waals surface area contributed by atoms with E-state index < -0.39 is 10.0 Å². The minimum atomic E-state index is -3.45. The number of nitrogens with zero attached hydrogens (tertiary/aromatic N) is 4. The monoisotopic (exact) mass is 438 g/mol. The Morgan fingerprint density at radius 3 is 2.58 bits per heavy atom. The van der Waals surface area contributed by atoms with E-state index in [2.05, 4.69) is 9.55 Å². The largest absolute Gasteiger partial charge is 0.370 e. The van der Waals surface area contributed by atoms with Gasteiger partial charge in [0, 0.05) is 37.3 Å². The molecule has 0 N–H and O–H groups in total. The molecule has 2 saturated heterocycles. The number of rotatable bonds is 5. The third-order valence-electron chi connectivity index (χ3n) is 6.07. The number of fused-ring (bicyclic) bond motifs is 1. The molecule has 0 bridgehead atoms. The molecule has 0 aliphatic carbocycles. The second kappa shape index (κ2) is 8.53. The van der Waals surface area contributed by atoms with Crippen LogP contribution in [0.4, 0.5) is 0 Å². The Morgan fingerprint density at radius 1 is 1.03 bits per heavy atom. The van der Waals surface area contributed by atoms with Gasteiger partial charge in [-0.25, -0.2) is 18.4 Å². The van der Waals surface area contributed by atoms with Crippen LogP contribution in [0.1, 0.15) is 49.2 Å². The molecular weight excluding hydrogens is 412 g/mol. The smallest absolute Gasteiger partial charge is 0.236 e. The highest BCUT2D eigenvalue weighted by Crippen LogP contribution is 2.35. The summed E-state index contributed by atoms with van der Waals surface area (Å²) in [6, 6.07) is 13.5. The lowest BCUT2D eigenvalue weighted by Gasteiger charge is -2.32. The summed E-state index contributed by atoms with van der Waals surface area (Å²) >= 11 is 0. The lowest BCUT2D eigenvalue weighted by Crippen LogP contribution is -2.38. The lowest BCUT2D eigenvalue weighted by atomic mass is 10.1. The summed E-state index contributed by atoms with van der Waals surface area (Å²) in [5, 5.41) is 1.31. The SMILES string of the molecule is O=S(=O)(/C=C/c1ccccc1)N1CCC(n2c(C3CCCO3)nc3cccnc32)CC1. The molecule has 4 heterocycles. The summed E-state index contributed by atoms with van der Waals surface area (Å²) in [5.41, 5.74) is 2.60. The molecule has 3 aromatic rings. The molecule has 2 aliphatic rings. The van der Waals surface area contributed by atoms with Crippen LogP contribution in [0.15, 0.2) is 54.1 Å². The number of hydrogen-bond donors (Lipinski definition) is 0. The van der Waals surface area contributed by atoms with Crippen molar-refractivity contribution in [2.24, 2.45) is 0 Å². The minimum Gasteiger partial charge on any atom is -0.370 e. The molecule has 1 unspecified atom stereocenters. The van der Waals surface area contributed by atoms with Crippen LogP contribution in [0.2, 0.25) is 0 Å². The minimum absolute atomic E-state index is 0.00947. The van der Waals surface area contributed by atoms with Gasteiger partial charge in [0.15, 0.2) is 5.65 Å². The Kier molecular flexibility index (Phi) is 5.60. The topological polar surface area (TPSA) is 77.3 Å². The van der Waals surface area contributed by atoms with E-state index in [1.54, 1.807) is 16.6 Å². The van der Waals surface area contributed by atoms with Gasteiger partial charge in [-0.3, -0.25) is 0 Å². The van der Waals surface area contributed by atoms with Crippen molar-refractivity contribution in [1.29, 1.82) is 0 Å². The van der Waals surface area contributed by atoms with E-state index in [0.29, 0.717) is 13.1 Å². The first-order valence-electron chi connectivity index (χ1n) is 10.8. The Morgan fingerprint density at radius 2 is 1.84 bits per heavy atom. The van der Waals surface area contributed by atoms with Crippen molar-refractivity contribution in [2.75, 3.05) is 19.7 Å². The van der Waals surface area contributed by atoms with Crippen LogP contribution in [0.3, 0.4) is 0 Å². The molecule has 0 radical (unpaired) electrons. The van der Waals surface area contributed by atoms with Crippen molar-refractivity contribution >= 4 is 27.3 Å². The average Bonchev–Trinajstić information content (AvgIpc) is 3.46. The molecule has 31 heavy (non-hydrogen) atoms. The zero-order valence-corrected chi connectivity index (χ0v) is 18.1. The number of hydrogen-bond acceptors (Lipinski definition) is 5. The van der Waals surface area contributed by atoms with Crippen molar-refractivity contribution < 1.29 is 13.2 Å². The van der Waals surface area contributed by atoms with E-state index in [-0.39, 0.29) is 12.1 Å². The van der Waals surface area contributed by atoms with E-state index in [1.807, 2.05) is 42.5 Å². The normalized spacial score (nSPS) is 21.4. The van der Waals surface area contributed by atoms with Crippen molar-refractivity contribution in [3.63, 3.8) is 0 Å². The van der Waals surface area contributed by atoms with E-state index in [4.69, 9.17) is 9.72 Å². The number of piperidine rings is 1. The lowest BCUT2D eigenvalue weighted by molar-refractivity contribution is 0.0990. The fourth-order valence-electron chi connectivity index (χ4n) is 4.49. The van der Waals surface area contributed by atoms with Crippen LogP contribution in [-0.2, 0) is 14.8 Å². The Hall–Kier alpha value is -2.55. The van der Waals surface area contributed by atoms with Gasteiger partial charge in [0.1, 0.15) is 17.4 Å². The second-order valence-corrected chi connectivity index (χ2v) is 9.89. The molecule has 0 saturated carbocycles. The van der Waals surface area contributed by atoms with Crippen molar-refractivity contribution in [3.05, 3.63) is 65.5 Å². The summed E-state index contributed by atoms with van der Waals surface area (Å²) in [4.78, 5) is 9.41. The van der Waals surface area contributed by atoms with E-state index in [9.17, 15) is 8.42 Å². The van der Waals surface area contributed by atoms with Gasteiger partial charge in [0.05, 0.1) is 0 Å². The van der Waals surface area contributed by atoms with E-state index in [1.165, 1.54) is 5.41 Å². The molecule has 2 aliphatic heterocycles. The van der Waals surface area contributed by atoms with E-state index in [0.717, 1.165) is 54.8 Å². The van der Waals surface area contributed by atoms with Crippen molar-refractivity contribution in [1.82, 2.24) is 18.8 Å². The fourth-order valence-corrected chi connectivity index (χ4v) is 5.71. The molecule has 1 aromatic carbocycles. The Labute approximate surface area is 182 Å². The third kappa shape index (κ3) is 4.15. The first-order valence-corrected chi connectivity index (χ1v) is 12.3. The number of pyridine rings is 1. The molecule has 2 fully saturated rings. The molecule has 5 rings (SSSR count). The maximum atomic E-state index is 12.8. The van der Waals surface area contributed by atoms with Gasteiger partial charge in [-0.1, -0.05) is 30.3 Å². The molecule has 1 atom stereocenters. The summed E-state index contributed by atoms with van der Waals surface area (Å²) < 4.78 is 35.4. The highest BCUT2D eigenvalue weighted by molar-refractivity contribution is 7.92. The van der Waals surface area contributed by atoms with Gasteiger partial charge in [0.25, 0.3) is 0 Å². The molecule has 8 heteroatoms. The first kappa shape index (κ1) is 20.4. The summed E-state index contributed by atoms with van der Waals surface area (Å²) in [5.74, 6) is 0.927. The summed E-state index contributed by atoms with van der Waals surface area (Å²) in [6.45, 7) is 1.71. The zero-order chi connectivity index (χ0) is 21.3. The van der Waals surface area contributed by atoms with E-state index >= 15 is 0 Å². The number of benzene rings is 1. The quantitative estimate of drug-likeness (QED) is 0.603. The van der Waals surface area contributed by atoms with Crippen LogP contribution in [0.25, 0.3) is 17.2 Å².